The summed E-state index contributed by atoms with van der Waals surface area (Å²) in [6.45, 7) is 9.96. The molecule has 0 bridgehead atoms. The Balaban J connectivity index is 4.02. The van der Waals surface area contributed by atoms with Gasteiger partial charge in [-0.15, -0.1) is 0 Å². The van der Waals surface area contributed by atoms with Gasteiger partial charge in [0.1, 0.15) is 0 Å². The van der Waals surface area contributed by atoms with Crippen LogP contribution in [-0.4, -0.2) is 77.5 Å². The minimum atomic E-state index is 0.0290. The second kappa shape index (κ2) is 31.3. The third-order valence-electron chi connectivity index (χ3n) is 8.40. The summed E-state index contributed by atoms with van der Waals surface area (Å²) in [6.07, 6.45) is 33.3. The summed E-state index contributed by atoms with van der Waals surface area (Å²) in [5, 5.41) is 0. The second-order valence-electron chi connectivity index (χ2n) is 13.9. The average Bonchev–Trinajstić information content (AvgIpc) is 2.92. The molecule has 0 atom stereocenters. The van der Waals surface area contributed by atoms with Crippen molar-refractivity contribution in [3.05, 3.63) is 0 Å². The Labute approximate surface area is 260 Å². The molecule has 0 saturated heterocycles. The third-order valence-corrected chi connectivity index (χ3v) is 8.40. The lowest BCUT2D eigenvalue weighted by atomic mass is 9.88. The van der Waals surface area contributed by atoms with E-state index in [1.165, 1.54) is 154 Å². The zero-order chi connectivity index (χ0) is 30.3. The molecule has 41 heavy (non-hydrogen) atoms. The zero-order valence-corrected chi connectivity index (χ0v) is 29.4. The number of unbranched alkanes of at least 4 members (excludes halogenated alkanes) is 22. The predicted molar refractivity (Wildman–Crippen MR) is 183 cm³/mol. The fourth-order valence-electron chi connectivity index (χ4n) is 6.28. The summed E-state index contributed by atoms with van der Waals surface area (Å²) in [7, 11) is 8.73. The first-order valence-electron chi connectivity index (χ1n) is 18.4. The Bertz CT molecular complexity index is 453. The smallest absolute Gasteiger partial charge is 0.0569 e. The zero-order valence-electron chi connectivity index (χ0n) is 29.4. The number of ether oxygens (including phenoxy) is 2. The minimum absolute atomic E-state index is 0.0290. The molecule has 4 heteroatoms. The predicted octanol–water partition coefficient (Wildman–Crippen LogP) is 10.5. The van der Waals surface area contributed by atoms with Crippen LogP contribution in [0.25, 0.3) is 0 Å². The van der Waals surface area contributed by atoms with Gasteiger partial charge in [-0.25, -0.2) is 0 Å². The highest BCUT2D eigenvalue weighted by Gasteiger charge is 2.32. The number of nitrogens with zero attached hydrogens (tertiary/aromatic N) is 2. The van der Waals surface area contributed by atoms with Crippen LogP contribution in [-0.2, 0) is 9.47 Å². The maximum absolute atomic E-state index is 6.33. The van der Waals surface area contributed by atoms with Crippen LogP contribution in [0.15, 0.2) is 0 Å². The Hall–Kier alpha value is -0.160. The fourth-order valence-corrected chi connectivity index (χ4v) is 6.28. The summed E-state index contributed by atoms with van der Waals surface area (Å²) in [5.41, 5.74) is 0.0290. The third kappa shape index (κ3) is 29.7. The van der Waals surface area contributed by atoms with E-state index < -0.39 is 0 Å². The van der Waals surface area contributed by atoms with E-state index in [-0.39, 0.29) is 5.41 Å². The molecule has 0 aliphatic rings. The summed E-state index contributed by atoms with van der Waals surface area (Å²) in [5.74, 6) is 0. The maximum Gasteiger partial charge on any atom is 0.0569 e. The monoisotopic (exact) mass is 583 g/mol. The molecule has 0 aliphatic carbocycles. The average molecular weight is 583 g/mol. The van der Waals surface area contributed by atoms with Crippen molar-refractivity contribution in [1.82, 2.24) is 9.80 Å². The van der Waals surface area contributed by atoms with E-state index in [0.29, 0.717) is 0 Å². The minimum Gasteiger partial charge on any atom is -0.381 e. The summed E-state index contributed by atoms with van der Waals surface area (Å²) < 4.78 is 12.7. The van der Waals surface area contributed by atoms with Gasteiger partial charge in [-0.1, -0.05) is 155 Å². The molecule has 0 unspecified atom stereocenters. The quantitative estimate of drug-likeness (QED) is 0.0705. The van der Waals surface area contributed by atoms with E-state index in [9.17, 15) is 0 Å². The van der Waals surface area contributed by atoms with E-state index in [1.807, 2.05) is 0 Å². The van der Waals surface area contributed by atoms with Crippen molar-refractivity contribution in [2.24, 2.45) is 5.41 Å². The highest BCUT2D eigenvalue weighted by Crippen LogP contribution is 2.22. The Morgan fingerprint density at radius 1 is 0.366 bits per heavy atom. The van der Waals surface area contributed by atoms with Crippen molar-refractivity contribution in [2.75, 3.05) is 67.7 Å². The molecule has 0 heterocycles. The van der Waals surface area contributed by atoms with E-state index in [1.54, 1.807) is 0 Å². The van der Waals surface area contributed by atoms with Crippen molar-refractivity contribution >= 4 is 0 Å². The van der Waals surface area contributed by atoms with E-state index in [4.69, 9.17) is 9.47 Å². The molecule has 0 saturated carbocycles. The summed E-state index contributed by atoms with van der Waals surface area (Å²) >= 11 is 0. The van der Waals surface area contributed by atoms with Crippen LogP contribution in [0.4, 0.5) is 0 Å². The summed E-state index contributed by atoms with van der Waals surface area (Å²) in [4.78, 5) is 4.62. The molecule has 248 valence electrons. The lowest BCUT2D eigenvalue weighted by molar-refractivity contribution is -0.0469. The van der Waals surface area contributed by atoms with Crippen LogP contribution < -0.4 is 0 Å². The molecule has 0 fully saturated rings. The van der Waals surface area contributed by atoms with Crippen LogP contribution in [0.1, 0.15) is 168 Å². The van der Waals surface area contributed by atoms with E-state index >= 15 is 0 Å². The number of rotatable bonds is 34. The maximum atomic E-state index is 6.33. The van der Waals surface area contributed by atoms with Gasteiger partial charge < -0.3 is 19.3 Å². The second-order valence-corrected chi connectivity index (χ2v) is 13.9. The molecule has 0 aromatic heterocycles. The van der Waals surface area contributed by atoms with Gasteiger partial charge in [-0.05, 0) is 41.0 Å². The van der Waals surface area contributed by atoms with E-state index in [0.717, 1.165) is 39.5 Å². The first-order chi connectivity index (χ1) is 20.0. The Kier molecular flexibility index (Phi) is 31.1. The topological polar surface area (TPSA) is 24.9 Å². The largest absolute Gasteiger partial charge is 0.381 e. The molecule has 0 aliphatic heterocycles. The van der Waals surface area contributed by atoms with Gasteiger partial charge in [0.2, 0.25) is 0 Å². The first kappa shape index (κ1) is 40.8. The highest BCUT2D eigenvalue weighted by atomic mass is 16.5. The molecule has 0 aromatic carbocycles. The van der Waals surface area contributed by atoms with Gasteiger partial charge in [-0.3, -0.25) is 0 Å². The Morgan fingerprint density at radius 3 is 0.854 bits per heavy atom. The SMILES string of the molecule is CCCCCCCCCCCCCCOCC(COCCCCCCCCCCCCCC)(CN(C)C)CN(C)C. The number of hydrogen-bond acceptors (Lipinski definition) is 4. The number of hydrogen-bond donors (Lipinski definition) is 0. The van der Waals surface area contributed by atoms with Gasteiger partial charge in [0.25, 0.3) is 0 Å². The van der Waals surface area contributed by atoms with Gasteiger partial charge in [0.15, 0.2) is 0 Å². The lowest BCUT2D eigenvalue weighted by Gasteiger charge is -2.38. The van der Waals surface area contributed by atoms with Gasteiger partial charge in [0, 0.05) is 31.7 Å². The molecule has 0 N–H and O–H groups in total. The van der Waals surface area contributed by atoms with Gasteiger partial charge in [-0.2, -0.15) is 0 Å². The van der Waals surface area contributed by atoms with E-state index in [2.05, 4.69) is 51.8 Å². The van der Waals surface area contributed by atoms with Crippen molar-refractivity contribution in [3.8, 4) is 0 Å². The van der Waals surface area contributed by atoms with Crippen LogP contribution in [0.3, 0.4) is 0 Å². The molecular formula is C37H78N2O2. The molecule has 0 spiro atoms. The van der Waals surface area contributed by atoms with Crippen LogP contribution in [0.5, 0.6) is 0 Å². The van der Waals surface area contributed by atoms with Crippen molar-refractivity contribution in [1.29, 1.82) is 0 Å². The Morgan fingerprint density at radius 2 is 0.610 bits per heavy atom. The lowest BCUT2D eigenvalue weighted by Crippen LogP contribution is -2.48. The molecule has 0 amide bonds. The fraction of sp³-hybridized carbons (Fsp3) is 1.00. The van der Waals surface area contributed by atoms with Crippen LogP contribution >= 0.6 is 0 Å². The van der Waals surface area contributed by atoms with Crippen molar-refractivity contribution in [3.63, 3.8) is 0 Å². The van der Waals surface area contributed by atoms with Crippen molar-refractivity contribution < 1.29 is 9.47 Å². The van der Waals surface area contributed by atoms with Crippen molar-refractivity contribution in [2.45, 2.75) is 168 Å². The normalized spacial score (nSPS) is 12.3. The van der Waals surface area contributed by atoms with Crippen LogP contribution in [0.2, 0.25) is 0 Å². The molecule has 0 aromatic rings. The highest BCUT2D eigenvalue weighted by molar-refractivity contribution is 4.84. The molecular weight excluding hydrogens is 504 g/mol. The standard InChI is InChI=1S/C37H78N2O2/c1-7-9-11-13-15-17-19-21-23-25-27-29-31-40-35-37(33-38(3)4,34-39(5)6)36-41-32-30-28-26-24-22-20-18-16-14-12-10-8-2/h7-36H2,1-6H3. The van der Waals surface area contributed by atoms with Gasteiger partial charge >= 0.3 is 0 Å². The summed E-state index contributed by atoms with van der Waals surface area (Å²) in [6, 6.07) is 0. The van der Waals surface area contributed by atoms with Gasteiger partial charge in [0.05, 0.1) is 13.2 Å². The molecule has 0 rings (SSSR count). The molecule has 4 nitrogen and oxygen atoms in total. The van der Waals surface area contributed by atoms with Crippen LogP contribution in [0, 0.1) is 5.41 Å². The first-order valence-corrected chi connectivity index (χ1v) is 18.4. The molecule has 0 radical (unpaired) electrons.